The lowest BCUT2D eigenvalue weighted by atomic mass is 9.92. The van der Waals surface area contributed by atoms with Crippen molar-refractivity contribution < 1.29 is 9.57 Å². The maximum atomic E-state index is 5.82. The summed E-state index contributed by atoms with van der Waals surface area (Å²) in [6.45, 7) is 8.89. The summed E-state index contributed by atoms with van der Waals surface area (Å²) in [6, 6.07) is 10.5. The molecule has 7 nitrogen and oxygen atoms in total. The number of piperazine rings is 1. The van der Waals surface area contributed by atoms with Gasteiger partial charge in [0.15, 0.2) is 6.10 Å². The standard InChI is InChI=1S/C23H27N5O2/c1-17(11-18-5-3-2-4-6-18)13-27-7-9-28(10-8-27)14-21-20-15-29-23-19(12-24-16-25-23)22(20)26-30-21/h2-6,11-12,16,20-21H,7-10,13-15H2,1H3. The fourth-order valence-corrected chi connectivity index (χ4v) is 4.43. The van der Waals surface area contributed by atoms with Gasteiger partial charge in [0, 0.05) is 45.5 Å². The van der Waals surface area contributed by atoms with Gasteiger partial charge in [-0.1, -0.05) is 47.1 Å². The Morgan fingerprint density at radius 3 is 2.77 bits per heavy atom. The van der Waals surface area contributed by atoms with Gasteiger partial charge in [-0.25, -0.2) is 9.97 Å². The van der Waals surface area contributed by atoms with Crippen molar-refractivity contribution in [3.63, 3.8) is 0 Å². The Balaban J connectivity index is 1.12. The highest BCUT2D eigenvalue weighted by atomic mass is 16.6. The van der Waals surface area contributed by atoms with Crippen LogP contribution in [0.1, 0.15) is 18.1 Å². The van der Waals surface area contributed by atoms with E-state index in [4.69, 9.17) is 9.57 Å². The first-order chi connectivity index (χ1) is 14.8. The number of aromatic nitrogens is 2. The van der Waals surface area contributed by atoms with Gasteiger partial charge in [0.2, 0.25) is 5.88 Å². The highest BCUT2D eigenvalue weighted by Crippen LogP contribution is 2.32. The summed E-state index contributed by atoms with van der Waals surface area (Å²) in [6.07, 6.45) is 5.58. The number of fused-ring (bicyclic) bond motifs is 3. The lowest BCUT2D eigenvalue weighted by molar-refractivity contribution is 0.00975. The number of rotatable bonds is 5. The second kappa shape index (κ2) is 8.53. The molecule has 0 saturated carbocycles. The average molecular weight is 406 g/mol. The molecule has 5 rings (SSSR count). The molecule has 0 bridgehead atoms. The van der Waals surface area contributed by atoms with Crippen LogP contribution in [0, 0.1) is 5.92 Å². The van der Waals surface area contributed by atoms with Gasteiger partial charge in [0.25, 0.3) is 0 Å². The normalized spacial score (nSPS) is 24.4. The van der Waals surface area contributed by atoms with Crippen molar-refractivity contribution in [2.24, 2.45) is 11.1 Å². The predicted octanol–water partition coefficient (Wildman–Crippen LogP) is 2.31. The Labute approximate surface area is 177 Å². The van der Waals surface area contributed by atoms with Crippen molar-refractivity contribution >= 4 is 11.8 Å². The van der Waals surface area contributed by atoms with Crippen LogP contribution >= 0.6 is 0 Å². The fourth-order valence-electron chi connectivity index (χ4n) is 4.43. The minimum Gasteiger partial charge on any atom is -0.476 e. The van der Waals surface area contributed by atoms with E-state index >= 15 is 0 Å². The zero-order chi connectivity index (χ0) is 20.3. The van der Waals surface area contributed by atoms with E-state index in [1.54, 1.807) is 6.20 Å². The van der Waals surface area contributed by atoms with E-state index in [0.717, 1.165) is 50.5 Å². The highest BCUT2D eigenvalue weighted by molar-refractivity contribution is 6.05. The number of benzene rings is 1. The summed E-state index contributed by atoms with van der Waals surface area (Å²) in [5, 5.41) is 4.35. The number of nitrogens with zero attached hydrogens (tertiary/aromatic N) is 5. The Morgan fingerprint density at radius 2 is 1.93 bits per heavy atom. The van der Waals surface area contributed by atoms with Crippen LogP contribution in [-0.4, -0.2) is 77.5 Å². The van der Waals surface area contributed by atoms with Crippen molar-refractivity contribution in [3.05, 3.63) is 59.6 Å². The molecular weight excluding hydrogens is 378 g/mol. The van der Waals surface area contributed by atoms with E-state index in [9.17, 15) is 0 Å². The largest absolute Gasteiger partial charge is 0.476 e. The third-order valence-electron chi connectivity index (χ3n) is 6.03. The third-order valence-corrected chi connectivity index (χ3v) is 6.03. The summed E-state index contributed by atoms with van der Waals surface area (Å²) >= 11 is 0. The molecule has 0 aliphatic carbocycles. The van der Waals surface area contributed by atoms with Crippen molar-refractivity contribution in [2.45, 2.75) is 13.0 Å². The van der Waals surface area contributed by atoms with Crippen LogP contribution in [0.4, 0.5) is 0 Å². The van der Waals surface area contributed by atoms with Gasteiger partial charge in [-0.15, -0.1) is 0 Å². The Hall–Kier alpha value is -2.77. The topological polar surface area (TPSA) is 63.1 Å². The molecule has 1 fully saturated rings. The molecule has 1 aromatic carbocycles. The zero-order valence-corrected chi connectivity index (χ0v) is 17.3. The van der Waals surface area contributed by atoms with Crippen molar-refractivity contribution in [3.8, 4) is 5.88 Å². The van der Waals surface area contributed by atoms with Gasteiger partial charge in [0.1, 0.15) is 18.6 Å². The first-order valence-corrected chi connectivity index (χ1v) is 10.6. The van der Waals surface area contributed by atoms with Crippen LogP contribution < -0.4 is 4.74 Å². The number of oxime groups is 1. The van der Waals surface area contributed by atoms with E-state index in [0.29, 0.717) is 12.5 Å². The summed E-state index contributed by atoms with van der Waals surface area (Å²) in [5.74, 6) is 0.759. The molecule has 30 heavy (non-hydrogen) atoms. The van der Waals surface area contributed by atoms with Gasteiger partial charge in [0.05, 0.1) is 11.5 Å². The second-order valence-electron chi connectivity index (χ2n) is 8.26. The molecule has 0 spiro atoms. The van der Waals surface area contributed by atoms with Gasteiger partial charge >= 0.3 is 0 Å². The first-order valence-electron chi connectivity index (χ1n) is 10.6. The van der Waals surface area contributed by atoms with Gasteiger partial charge < -0.3 is 9.57 Å². The molecule has 3 aliphatic rings. The lowest BCUT2D eigenvalue weighted by Gasteiger charge is -2.36. The summed E-state index contributed by atoms with van der Waals surface area (Å²) in [5.41, 5.74) is 4.46. The molecule has 2 atom stereocenters. The van der Waals surface area contributed by atoms with Gasteiger partial charge in [-0.05, 0) is 12.5 Å². The van der Waals surface area contributed by atoms with E-state index in [1.165, 1.54) is 17.5 Å². The predicted molar refractivity (Wildman–Crippen MR) is 115 cm³/mol. The molecule has 2 aromatic rings. The summed E-state index contributed by atoms with van der Waals surface area (Å²) in [4.78, 5) is 19.1. The van der Waals surface area contributed by atoms with E-state index < -0.39 is 0 Å². The molecule has 1 aromatic heterocycles. The number of hydrogen-bond donors (Lipinski definition) is 0. The van der Waals surface area contributed by atoms with Gasteiger partial charge in [-0.2, -0.15) is 0 Å². The second-order valence-corrected chi connectivity index (χ2v) is 8.26. The fraction of sp³-hybridized carbons (Fsp3) is 0.435. The molecule has 0 radical (unpaired) electrons. The maximum Gasteiger partial charge on any atom is 0.225 e. The first kappa shape index (κ1) is 19.2. The monoisotopic (exact) mass is 405 g/mol. The lowest BCUT2D eigenvalue weighted by Crippen LogP contribution is -2.50. The van der Waals surface area contributed by atoms with Crippen molar-refractivity contribution in [1.82, 2.24) is 19.8 Å². The SMILES string of the molecule is CC(=Cc1ccccc1)CN1CCN(CC2ON=C3c4cncnc4OCC32)CC1. The quantitative estimate of drug-likeness (QED) is 0.761. The molecule has 4 heterocycles. The van der Waals surface area contributed by atoms with Crippen LogP contribution in [-0.2, 0) is 4.84 Å². The zero-order valence-electron chi connectivity index (χ0n) is 17.3. The molecule has 2 unspecified atom stereocenters. The van der Waals surface area contributed by atoms with E-state index in [-0.39, 0.29) is 12.0 Å². The number of hydrogen-bond acceptors (Lipinski definition) is 7. The summed E-state index contributed by atoms with van der Waals surface area (Å²) in [7, 11) is 0. The number of ether oxygens (including phenoxy) is 1. The molecule has 0 N–H and O–H groups in total. The van der Waals surface area contributed by atoms with Crippen LogP contribution in [0.3, 0.4) is 0 Å². The van der Waals surface area contributed by atoms with Crippen LogP contribution in [0.2, 0.25) is 0 Å². The highest BCUT2D eigenvalue weighted by Gasteiger charge is 2.41. The van der Waals surface area contributed by atoms with Crippen molar-refractivity contribution in [2.75, 3.05) is 45.9 Å². The molecule has 1 saturated heterocycles. The average Bonchev–Trinajstić information content (AvgIpc) is 3.19. The molecule has 156 valence electrons. The minimum absolute atomic E-state index is 0.0274. The maximum absolute atomic E-state index is 5.82. The molecule has 0 amide bonds. The summed E-state index contributed by atoms with van der Waals surface area (Å²) < 4.78 is 5.82. The molecule has 7 heteroatoms. The molecule has 3 aliphatic heterocycles. The van der Waals surface area contributed by atoms with Crippen molar-refractivity contribution in [1.29, 1.82) is 0 Å². The third kappa shape index (κ3) is 4.08. The van der Waals surface area contributed by atoms with Crippen LogP contribution in [0.15, 0.2) is 53.6 Å². The van der Waals surface area contributed by atoms with Gasteiger partial charge in [-0.3, -0.25) is 9.80 Å². The van der Waals surface area contributed by atoms with E-state index in [1.807, 2.05) is 0 Å². The van der Waals surface area contributed by atoms with E-state index in [2.05, 4.69) is 68.3 Å². The Morgan fingerprint density at radius 1 is 1.13 bits per heavy atom. The molecular formula is C23H27N5O2. The Kier molecular flexibility index (Phi) is 5.46. The van der Waals surface area contributed by atoms with Crippen LogP contribution in [0.25, 0.3) is 6.08 Å². The smallest absolute Gasteiger partial charge is 0.225 e. The Bertz CT molecular complexity index is 938. The minimum atomic E-state index is 0.0274. The van der Waals surface area contributed by atoms with Crippen LogP contribution in [0.5, 0.6) is 5.88 Å².